The van der Waals surface area contributed by atoms with Gasteiger partial charge in [0.25, 0.3) is 0 Å². The van der Waals surface area contributed by atoms with E-state index >= 15 is 0 Å². The number of Topliss-reactive ketones (excluding diaryl/α,β-unsaturated/α-hetero) is 1. The zero-order chi connectivity index (χ0) is 13.4. The van der Waals surface area contributed by atoms with Crippen molar-refractivity contribution < 1.29 is 4.79 Å². The maximum atomic E-state index is 12.1. The Bertz CT molecular complexity index is 613. The van der Waals surface area contributed by atoms with Crippen molar-refractivity contribution in [3.05, 3.63) is 41.1 Å². The van der Waals surface area contributed by atoms with Crippen LogP contribution >= 0.6 is 0 Å². The Hall–Kier alpha value is -2.10. The standard InChI is InChI=1S/C15H17N3O/c1-9-3-5-11(6-4-9)16-15-14-12(17-18-15)7-10(2)8-13(14)19/h3-6,10H,7-8H2,1-2H3,(H2,16,17,18). The molecule has 1 unspecified atom stereocenters. The summed E-state index contributed by atoms with van der Waals surface area (Å²) in [6.45, 7) is 4.14. The van der Waals surface area contributed by atoms with Crippen LogP contribution < -0.4 is 5.32 Å². The Kier molecular flexibility index (Phi) is 2.85. The van der Waals surface area contributed by atoms with Crippen molar-refractivity contribution in [1.29, 1.82) is 0 Å². The number of carbonyl (C=O) groups excluding carboxylic acids is 1. The third-order valence-electron chi connectivity index (χ3n) is 3.52. The summed E-state index contributed by atoms with van der Waals surface area (Å²) in [5.74, 6) is 1.22. The molecule has 0 amide bonds. The van der Waals surface area contributed by atoms with Crippen LogP contribution in [-0.2, 0) is 6.42 Å². The fourth-order valence-corrected chi connectivity index (χ4v) is 2.53. The van der Waals surface area contributed by atoms with Crippen molar-refractivity contribution in [2.75, 3.05) is 5.32 Å². The molecule has 0 fully saturated rings. The van der Waals surface area contributed by atoms with E-state index < -0.39 is 0 Å². The number of nitrogens with one attached hydrogen (secondary N) is 2. The monoisotopic (exact) mass is 255 g/mol. The van der Waals surface area contributed by atoms with Gasteiger partial charge in [0.15, 0.2) is 11.6 Å². The molecular formula is C15H17N3O. The summed E-state index contributed by atoms with van der Waals surface area (Å²) in [6, 6.07) is 8.05. The van der Waals surface area contributed by atoms with Crippen molar-refractivity contribution in [2.45, 2.75) is 26.7 Å². The first-order valence-corrected chi connectivity index (χ1v) is 6.57. The molecule has 1 heterocycles. The average Bonchev–Trinajstić information content (AvgIpc) is 2.75. The van der Waals surface area contributed by atoms with Gasteiger partial charge in [0.05, 0.1) is 5.56 Å². The Labute approximate surface area is 112 Å². The quantitative estimate of drug-likeness (QED) is 0.866. The number of hydrogen-bond donors (Lipinski definition) is 2. The topological polar surface area (TPSA) is 57.8 Å². The highest BCUT2D eigenvalue weighted by molar-refractivity contribution is 6.03. The number of aryl methyl sites for hydroxylation is 1. The van der Waals surface area contributed by atoms with Crippen molar-refractivity contribution in [2.24, 2.45) is 5.92 Å². The SMILES string of the molecule is Cc1ccc(Nc2n[nH]c3c2C(=O)CC(C)C3)cc1. The van der Waals surface area contributed by atoms with Gasteiger partial charge in [-0.25, -0.2) is 0 Å². The van der Waals surface area contributed by atoms with Crippen molar-refractivity contribution in [1.82, 2.24) is 10.2 Å². The third-order valence-corrected chi connectivity index (χ3v) is 3.52. The molecule has 3 rings (SSSR count). The average molecular weight is 255 g/mol. The van der Waals surface area contributed by atoms with Crippen LogP contribution in [-0.4, -0.2) is 16.0 Å². The number of fused-ring (bicyclic) bond motifs is 1. The maximum Gasteiger partial charge on any atom is 0.168 e. The van der Waals surface area contributed by atoms with E-state index in [4.69, 9.17) is 0 Å². The predicted molar refractivity (Wildman–Crippen MR) is 74.9 cm³/mol. The summed E-state index contributed by atoms with van der Waals surface area (Å²) in [5.41, 5.74) is 3.85. The molecule has 4 heteroatoms. The van der Waals surface area contributed by atoms with E-state index in [1.54, 1.807) is 0 Å². The molecule has 0 aliphatic heterocycles. The van der Waals surface area contributed by atoms with E-state index in [1.165, 1.54) is 5.56 Å². The van der Waals surface area contributed by atoms with Crippen LogP contribution in [0.2, 0.25) is 0 Å². The highest BCUT2D eigenvalue weighted by atomic mass is 16.1. The fourth-order valence-electron chi connectivity index (χ4n) is 2.53. The molecule has 0 saturated heterocycles. The molecule has 2 aromatic rings. The van der Waals surface area contributed by atoms with Crippen LogP contribution in [0.4, 0.5) is 11.5 Å². The Balaban J connectivity index is 1.91. The molecule has 1 atom stereocenters. The zero-order valence-corrected chi connectivity index (χ0v) is 11.2. The number of aromatic amines is 1. The lowest BCUT2D eigenvalue weighted by Gasteiger charge is -2.17. The molecule has 4 nitrogen and oxygen atoms in total. The van der Waals surface area contributed by atoms with Crippen molar-refractivity contribution >= 4 is 17.3 Å². The molecule has 98 valence electrons. The van der Waals surface area contributed by atoms with Gasteiger partial charge in [-0.15, -0.1) is 0 Å². The summed E-state index contributed by atoms with van der Waals surface area (Å²) >= 11 is 0. The first-order valence-electron chi connectivity index (χ1n) is 6.57. The summed E-state index contributed by atoms with van der Waals surface area (Å²) in [4.78, 5) is 12.1. The Morgan fingerprint density at radius 2 is 2.00 bits per heavy atom. The van der Waals surface area contributed by atoms with Crippen LogP contribution in [0.1, 0.15) is 35.0 Å². The van der Waals surface area contributed by atoms with Crippen molar-refractivity contribution in [3.8, 4) is 0 Å². The number of ketones is 1. The highest BCUT2D eigenvalue weighted by Gasteiger charge is 2.27. The molecule has 2 N–H and O–H groups in total. The number of anilines is 2. The number of benzene rings is 1. The number of hydrogen-bond acceptors (Lipinski definition) is 3. The van der Waals surface area contributed by atoms with E-state index in [9.17, 15) is 4.79 Å². The van der Waals surface area contributed by atoms with Crippen LogP contribution in [0.25, 0.3) is 0 Å². The number of nitrogens with zero attached hydrogens (tertiary/aromatic N) is 1. The number of rotatable bonds is 2. The van der Waals surface area contributed by atoms with Gasteiger partial charge in [-0.2, -0.15) is 5.10 Å². The molecule has 1 aromatic heterocycles. The van der Waals surface area contributed by atoms with Crippen LogP contribution in [0.15, 0.2) is 24.3 Å². The summed E-state index contributed by atoms with van der Waals surface area (Å²) in [5, 5.41) is 10.5. The second-order valence-corrected chi connectivity index (χ2v) is 5.35. The minimum atomic E-state index is 0.178. The van der Waals surface area contributed by atoms with Crippen LogP contribution in [0.5, 0.6) is 0 Å². The predicted octanol–water partition coefficient (Wildman–Crippen LogP) is 3.23. The molecule has 1 aliphatic rings. The van der Waals surface area contributed by atoms with Crippen LogP contribution in [0.3, 0.4) is 0 Å². The third kappa shape index (κ3) is 2.26. The molecule has 1 aliphatic carbocycles. The fraction of sp³-hybridized carbons (Fsp3) is 0.333. The zero-order valence-electron chi connectivity index (χ0n) is 11.2. The molecular weight excluding hydrogens is 238 g/mol. The molecule has 0 spiro atoms. The molecule has 19 heavy (non-hydrogen) atoms. The van der Waals surface area contributed by atoms with E-state index in [0.717, 1.165) is 23.4 Å². The Morgan fingerprint density at radius 3 is 2.74 bits per heavy atom. The highest BCUT2D eigenvalue weighted by Crippen LogP contribution is 2.30. The van der Waals surface area contributed by atoms with Gasteiger partial charge < -0.3 is 5.32 Å². The van der Waals surface area contributed by atoms with Gasteiger partial charge in [-0.3, -0.25) is 9.89 Å². The van der Waals surface area contributed by atoms with Gasteiger partial charge in [0.1, 0.15) is 0 Å². The first-order chi connectivity index (χ1) is 9.13. The van der Waals surface area contributed by atoms with Gasteiger partial charge in [-0.1, -0.05) is 24.6 Å². The second-order valence-electron chi connectivity index (χ2n) is 5.35. The molecule has 1 aromatic carbocycles. The van der Waals surface area contributed by atoms with E-state index in [0.29, 0.717) is 18.2 Å². The maximum absolute atomic E-state index is 12.1. The number of aromatic nitrogens is 2. The molecule has 0 radical (unpaired) electrons. The largest absolute Gasteiger partial charge is 0.338 e. The van der Waals surface area contributed by atoms with Gasteiger partial charge >= 0.3 is 0 Å². The summed E-state index contributed by atoms with van der Waals surface area (Å²) < 4.78 is 0. The minimum absolute atomic E-state index is 0.178. The smallest absolute Gasteiger partial charge is 0.168 e. The van der Waals surface area contributed by atoms with Crippen molar-refractivity contribution in [3.63, 3.8) is 0 Å². The first kappa shape index (κ1) is 12.0. The summed E-state index contributed by atoms with van der Waals surface area (Å²) in [7, 11) is 0. The summed E-state index contributed by atoms with van der Waals surface area (Å²) in [6.07, 6.45) is 1.50. The lowest BCUT2D eigenvalue weighted by Crippen LogP contribution is -2.17. The van der Waals surface area contributed by atoms with E-state index in [2.05, 4.69) is 22.4 Å². The van der Waals surface area contributed by atoms with E-state index in [1.807, 2.05) is 31.2 Å². The normalized spacial score (nSPS) is 18.2. The molecule has 0 saturated carbocycles. The number of H-pyrrole nitrogens is 1. The lowest BCUT2D eigenvalue weighted by molar-refractivity contribution is 0.0954. The number of carbonyl (C=O) groups is 1. The van der Waals surface area contributed by atoms with Gasteiger partial charge in [0, 0.05) is 17.8 Å². The molecule has 0 bridgehead atoms. The van der Waals surface area contributed by atoms with Gasteiger partial charge in [0.2, 0.25) is 0 Å². The minimum Gasteiger partial charge on any atom is -0.338 e. The second kappa shape index (κ2) is 4.53. The van der Waals surface area contributed by atoms with E-state index in [-0.39, 0.29) is 5.78 Å². The Morgan fingerprint density at radius 1 is 1.26 bits per heavy atom. The van der Waals surface area contributed by atoms with Crippen LogP contribution in [0, 0.1) is 12.8 Å². The van der Waals surface area contributed by atoms with Gasteiger partial charge in [-0.05, 0) is 31.4 Å². The lowest BCUT2D eigenvalue weighted by atomic mass is 9.88.